The third kappa shape index (κ3) is 6.45. The van der Waals surface area contributed by atoms with E-state index in [1.807, 2.05) is 30.3 Å². The number of nitrogens with zero attached hydrogens (tertiary/aromatic N) is 8. The van der Waals surface area contributed by atoms with E-state index in [1.165, 1.54) is 0 Å². The molecule has 8 nitrogen and oxygen atoms in total. The quantitative estimate of drug-likeness (QED) is 0.142. The zero-order valence-corrected chi connectivity index (χ0v) is 42.5. The molecule has 0 atom stereocenters. The normalized spacial score (nSPS) is 12.0. The van der Waals surface area contributed by atoms with Gasteiger partial charge in [-0.3, -0.25) is 13.7 Å². The molecule has 79 heavy (non-hydrogen) atoms. The number of hydrogen-bond donors (Lipinski definition) is 0. The number of benzene rings is 11. The Morgan fingerprint density at radius 3 is 1.23 bits per heavy atom. The first kappa shape index (κ1) is 44.4. The molecule has 0 unspecified atom stereocenters. The second-order valence-corrected chi connectivity index (χ2v) is 20.3. The van der Waals surface area contributed by atoms with Gasteiger partial charge in [-0.1, -0.05) is 200 Å². The van der Waals surface area contributed by atoms with Gasteiger partial charge in [0.25, 0.3) is 0 Å². The highest BCUT2D eigenvalue weighted by Crippen LogP contribution is 2.48. The second-order valence-electron chi connectivity index (χ2n) is 20.3. The highest BCUT2D eigenvalue weighted by molar-refractivity contribution is 6.26. The smallest absolute Gasteiger partial charge is 0.241 e. The molecule has 5 aromatic heterocycles. The van der Waals surface area contributed by atoms with Crippen molar-refractivity contribution in [3.8, 4) is 29.6 Å². The van der Waals surface area contributed by atoms with Gasteiger partial charge in [0.15, 0.2) is 0 Å². The lowest BCUT2D eigenvalue weighted by molar-refractivity contribution is 0.745. The van der Waals surface area contributed by atoms with Gasteiger partial charge in [-0.05, 0) is 89.0 Å². The van der Waals surface area contributed by atoms with Crippen LogP contribution in [0.4, 0.5) is 0 Å². The van der Waals surface area contributed by atoms with Crippen molar-refractivity contribution in [2.45, 2.75) is 5.41 Å². The molecule has 0 fully saturated rings. The average molecular weight is 1010 g/mol. The van der Waals surface area contributed by atoms with Crippen molar-refractivity contribution in [1.82, 2.24) is 33.2 Å². The number of hydrogen-bond acceptors (Lipinski definition) is 4. The maximum atomic E-state index is 10.2. The predicted molar refractivity (Wildman–Crippen MR) is 320 cm³/mol. The zero-order chi connectivity index (χ0) is 52.2. The van der Waals surface area contributed by atoms with E-state index in [0.29, 0.717) is 23.4 Å². The van der Waals surface area contributed by atoms with E-state index in [0.717, 1.165) is 115 Å². The third-order valence-corrected chi connectivity index (χ3v) is 16.2. The Balaban J connectivity index is 1.11. The van der Waals surface area contributed by atoms with E-state index in [-0.39, 0.29) is 0 Å². The molecule has 0 aliphatic heterocycles. The molecule has 16 aromatic rings. The molecule has 0 N–H and O–H groups in total. The second kappa shape index (κ2) is 17.3. The summed E-state index contributed by atoms with van der Waals surface area (Å²) in [6.07, 6.45) is 0. The summed E-state index contributed by atoms with van der Waals surface area (Å²) in [7, 11) is 0. The molecule has 8 heteroatoms. The van der Waals surface area contributed by atoms with E-state index in [9.17, 15) is 5.26 Å². The largest absolute Gasteiger partial charge is 0.309 e. The molecule has 368 valence electrons. The van der Waals surface area contributed by atoms with Crippen molar-refractivity contribution >= 4 is 87.2 Å². The summed E-state index contributed by atoms with van der Waals surface area (Å²) < 4.78 is 9.01. The molecular formula is C71H44N8. The van der Waals surface area contributed by atoms with Crippen LogP contribution in [0.2, 0.25) is 0 Å². The fourth-order valence-electron chi connectivity index (χ4n) is 13.0. The van der Waals surface area contributed by atoms with Gasteiger partial charge < -0.3 is 4.57 Å². The standard InChI is InChI=1S/C71H44N8/c72-45-46-37-41-63-58(43-46)54-31-15-19-35-61(54)78(63)69-73-68(77-59-33-17-13-29-52(59)53-30-14-18-34-60(53)77)74-70(75-69)79-65-44-50(71(47-21-5-1-6-22-47,48-23-7-2-8-24-48)49-25-9-3-10-26-49)38-39-55(65)56-40-42-64-66(67(56)79)57-32-16-20-36-62(57)76(64)51-27-11-4-12-28-51/h1-44H. The summed E-state index contributed by atoms with van der Waals surface area (Å²) in [5.74, 6) is 1.36. The van der Waals surface area contributed by atoms with Gasteiger partial charge in [0.05, 0.1) is 61.2 Å². The molecule has 0 bridgehead atoms. The van der Waals surface area contributed by atoms with E-state index >= 15 is 0 Å². The lowest BCUT2D eigenvalue weighted by Gasteiger charge is -2.37. The first-order chi connectivity index (χ1) is 39.2. The van der Waals surface area contributed by atoms with Crippen LogP contribution in [0.3, 0.4) is 0 Å². The van der Waals surface area contributed by atoms with Crippen molar-refractivity contribution in [3.63, 3.8) is 0 Å². The number of aromatic nitrogens is 7. The van der Waals surface area contributed by atoms with E-state index in [1.54, 1.807) is 0 Å². The van der Waals surface area contributed by atoms with Crippen LogP contribution in [-0.2, 0) is 5.41 Å². The van der Waals surface area contributed by atoms with Crippen LogP contribution in [0.5, 0.6) is 0 Å². The van der Waals surface area contributed by atoms with Gasteiger partial charge in [-0.25, -0.2) is 0 Å². The first-order valence-electron chi connectivity index (χ1n) is 26.6. The summed E-state index contributed by atoms with van der Waals surface area (Å²) >= 11 is 0. The van der Waals surface area contributed by atoms with Crippen LogP contribution in [0.15, 0.2) is 267 Å². The van der Waals surface area contributed by atoms with Gasteiger partial charge in [-0.15, -0.1) is 0 Å². The number of para-hydroxylation sites is 5. The van der Waals surface area contributed by atoms with Crippen LogP contribution >= 0.6 is 0 Å². The average Bonchev–Trinajstić information content (AvgIpc) is 4.05. The molecule has 16 rings (SSSR count). The summed E-state index contributed by atoms with van der Waals surface area (Å²) in [6.45, 7) is 0. The molecule has 0 aliphatic rings. The Kier molecular flexibility index (Phi) is 9.74. The highest BCUT2D eigenvalue weighted by Gasteiger charge is 2.39. The zero-order valence-electron chi connectivity index (χ0n) is 42.5. The van der Waals surface area contributed by atoms with Crippen molar-refractivity contribution in [2.24, 2.45) is 0 Å². The van der Waals surface area contributed by atoms with Gasteiger partial charge in [0.2, 0.25) is 17.8 Å². The maximum absolute atomic E-state index is 10.2. The van der Waals surface area contributed by atoms with E-state index < -0.39 is 5.41 Å². The fourth-order valence-corrected chi connectivity index (χ4v) is 13.0. The maximum Gasteiger partial charge on any atom is 0.241 e. The van der Waals surface area contributed by atoms with Crippen LogP contribution in [-0.4, -0.2) is 33.2 Å². The van der Waals surface area contributed by atoms with Crippen LogP contribution in [0.25, 0.3) is 111 Å². The number of fused-ring (bicyclic) bond motifs is 13. The summed E-state index contributed by atoms with van der Waals surface area (Å²) in [4.78, 5) is 17.1. The third-order valence-electron chi connectivity index (χ3n) is 16.2. The van der Waals surface area contributed by atoms with Gasteiger partial charge in [-0.2, -0.15) is 20.2 Å². The molecule has 5 heterocycles. The number of nitriles is 1. The van der Waals surface area contributed by atoms with Gasteiger partial charge in [0.1, 0.15) is 0 Å². The Bertz CT molecular complexity index is 4990. The topological polar surface area (TPSA) is 82.2 Å². The molecule has 0 spiro atoms. The van der Waals surface area contributed by atoms with Crippen molar-refractivity contribution in [3.05, 3.63) is 295 Å². The minimum atomic E-state index is -0.748. The Hall–Kier alpha value is -10.9. The Labute approximate surface area is 453 Å². The predicted octanol–water partition coefficient (Wildman–Crippen LogP) is 16.5. The molecule has 11 aromatic carbocycles. The van der Waals surface area contributed by atoms with Crippen LogP contribution in [0.1, 0.15) is 27.8 Å². The van der Waals surface area contributed by atoms with Gasteiger partial charge in [0, 0.05) is 48.8 Å². The number of rotatable bonds is 8. The molecule has 0 aliphatic carbocycles. The van der Waals surface area contributed by atoms with E-state index in [4.69, 9.17) is 15.0 Å². The summed E-state index contributed by atoms with van der Waals surface area (Å²) in [5, 5.41) is 18.6. The molecule has 0 saturated carbocycles. The molecular weight excluding hydrogens is 965 g/mol. The molecule has 0 saturated heterocycles. The van der Waals surface area contributed by atoms with Crippen LogP contribution < -0.4 is 0 Å². The molecule has 0 radical (unpaired) electrons. The van der Waals surface area contributed by atoms with Crippen molar-refractivity contribution in [2.75, 3.05) is 0 Å². The Morgan fingerprint density at radius 2 is 0.696 bits per heavy atom. The lowest BCUT2D eigenvalue weighted by Crippen LogP contribution is -2.31. The van der Waals surface area contributed by atoms with E-state index in [2.05, 4.69) is 261 Å². The monoisotopic (exact) mass is 1010 g/mol. The van der Waals surface area contributed by atoms with Crippen molar-refractivity contribution < 1.29 is 0 Å². The summed E-state index contributed by atoms with van der Waals surface area (Å²) in [6, 6.07) is 97.1. The fraction of sp³-hybridized carbons (Fsp3) is 0.0141. The lowest BCUT2D eigenvalue weighted by atomic mass is 9.65. The van der Waals surface area contributed by atoms with Gasteiger partial charge >= 0.3 is 0 Å². The van der Waals surface area contributed by atoms with Crippen molar-refractivity contribution in [1.29, 1.82) is 5.26 Å². The summed E-state index contributed by atoms with van der Waals surface area (Å²) in [5.41, 5.74) is 13.2. The molecule has 0 amide bonds. The van der Waals surface area contributed by atoms with Crippen LogP contribution in [0, 0.1) is 11.3 Å². The minimum Gasteiger partial charge on any atom is -0.309 e. The Morgan fingerprint density at radius 1 is 0.291 bits per heavy atom. The first-order valence-corrected chi connectivity index (χ1v) is 26.6. The SMILES string of the molecule is N#Cc1ccc2c(c1)c1ccccc1n2-c1nc(-n2c3ccccc3c3ccccc32)nc(-n2c3cc(C(c4ccccc4)(c4ccccc4)c4ccccc4)ccc3c3ccc4c(c5ccccc5n4-c4ccccc4)c32)n1. The highest BCUT2D eigenvalue weighted by atomic mass is 15.3. The minimum absolute atomic E-state index is 0.440.